The van der Waals surface area contributed by atoms with Gasteiger partial charge in [-0.3, -0.25) is 4.79 Å². The highest BCUT2D eigenvalue weighted by Gasteiger charge is 2.43. The van der Waals surface area contributed by atoms with Crippen molar-refractivity contribution in [2.75, 3.05) is 0 Å². The maximum absolute atomic E-state index is 14.2. The summed E-state index contributed by atoms with van der Waals surface area (Å²) < 4.78 is 28.0. The maximum atomic E-state index is 14.2. The van der Waals surface area contributed by atoms with E-state index in [4.69, 9.17) is 11.6 Å². The Hall–Kier alpha value is -2.91. The number of carbonyl (C=O) groups excluding carboxylic acids is 1. The predicted octanol–water partition coefficient (Wildman–Crippen LogP) is 3.88. The fourth-order valence-electron chi connectivity index (χ4n) is 4.03. The lowest BCUT2D eigenvalue weighted by Gasteiger charge is -2.41. The highest BCUT2D eigenvalue weighted by Crippen LogP contribution is 2.42. The van der Waals surface area contributed by atoms with Gasteiger partial charge in [0.15, 0.2) is 5.69 Å². The number of aliphatic hydroxyl groups is 1. The fraction of sp³-hybridized carbons (Fsp3) is 0.364. The van der Waals surface area contributed by atoms with E-state index in [0.717, 1.165) is 0 Å². The molecular formula is C22H22ClF2N5O2. The average Bonchev–Trinajstić information content (AvgIpc) is 3.31. The Balaban J connectivity index is 1.75. The highest BCUT2D eigenvalue weighted by atomic mass is 35.5. The number of amides is 1. The molecular weight excluding hydrogens is 440 g/mol. The molecule has 1 amide bonds. The largest absolute Gasteiger partial charge is 0.387 e. The highest BCUT2D eigenvalue weighted by molar-refractivity contribution is 6.31. The summed E-state index contributed by atoms with van der Waals surface area (Å²) in [5, 5.41) is 22.1. The number of hydrogen-bond donors (Lipinski definition) is 2. The Morgan fingerprint density at radius 1 is 1.25 bits per heavy atom. The summed E-state index contributed by atoms with van der Waals surface area (Å²) in [5.41, 5.74) is -0.346. The van der Waals surface area contributed by atoms with Crippen LogP contribution in [0.1, 0.15) is 53.5 Å². The van der Waals surface area contributed by atoms with Gasteiger partial charge in [0, 0.05) is 5.69 Å². The molecule has 2 aromatic heterocycles. The van der Waals surface area contributed by atoms with Crippen LogP contribution < -0.4 is 5.32 Å². The number of aromatic nitrogens is 4. The van der Waals surface area contributed by atoms with Crippen LogP contribution in [-0.2, 0) is 0 Å². The SMILES string of the molecule is Cc1ccc(-n2nccn2)c(C(=O)NC(c2cccc(F)c2Cl)C2(O)CCC(F)CC2)n1. The van der Waals surface area contributed by atoms with Crippen LogP contribution >= 0.6 is 11.6 Å². The van der Waals surface area contributed by atoms with Gasteiger partial charge < -0.3 is 10.4 Å². The molecule has 0 spiro atoms. The van der Waals surface area contributed by atoms with Gasteiger partial charge in [0.05, 0.1) is 29.1 Å². The van der Waals surface area contributed by atoms with Gasteiger partial charge in [-0.2, -0.15) is 10.2 Å². The number of hydrogen-bond acceptors (Lipinski definition) is 5. The topological polar surface area (TPSA) is 92.9 Å². The summed E-state index contributed by atoms with van der Waals surface area (Å²) in [6.45, 7) is 1.73. The van der Waals surface area contributed by atoms with Crippen molar-refractivity contribution < 1.29 is 18.7 Å². The number of rotatable bonds is 5. The molecule has 7 nitrogen and oxygen atoms in total. The molecule has 1 atom stereocenters. The molecule has 1 aliphatic carbocycles. The first kappa shape index (κ1) is 22.3. The number of pyridine rings is 1. The number of aryl methyl sites for hydroxylation is 1. The van der Waals surface area contributed by atoms with Gasteiger partial charge in [-0.25, -0.2) is 13.8 Å². The zero-order chi connectivity index (χ0) is 22.9. The van der Waals surface area contributed by atoms with Crippen LogP contribution in [0.5, 0.6) is 0 Å². The molecule has 0 aliphatic heterocycles. The van der Waals surface area contributed by atoms with E-state index >= 15 is 0 Å². The molecule has 32 heavy (non-hydrogen) atoms. The third kappa shape index (κ3) is 4.35. The average molecular weight is 462 g/mol. The molecule has 0 saturated heterocycles. The second-order valence-corrected chi connectivity index (χ2v) is 8.34. The summed E-state index contributed by atoms with van der Waals surface area (Å²) >= 11 is 6.21. The van der Waals surface area contributed by atoms with E-state index in [1.54, 1.807) is 19.1 Å². The normalized spacial score (nSPS) is 21.8. The number of nitrogens with one attached hydrogen (secondary N) is 1. The molecule has 2 heterocycles. The summed E-state index contributed by atoms with van der Waals surface area (Å²) in [4.78, 5) is 19.0. The molecule has 2 N–H and O–H groups in total. The lowest BCUT2D eigenvalue weighted by Crippen LogP contribution is -2.49. The standard InChI is InChI=1S/C22H22ClF2N5O2/c1-13-5-6-17(30-26-11-12-27-30)19(28-13)21(31)29-20(15-3-2-4-16(25)18(15)23)22(32)9-7-14(24)8-10-22/h2-6,11-12,14,20,32H,7-10H2,1H3,(H,29,31). The Labute approximate surface area is 188 Å². The number of carbonyl (C=O) groups is 1. The van der Waals surface area contributed by atoms with Crippen LogP contribution in [0.2, 0.25) is 5.02 Å². The van der Waals surface area contributed by atoms with Gasteiger partial charge >= 0.3 is 0 Å². The summed E-state index contributed by atoms with van der Waals surface area (Å²) in [6.07, 6.45) is 2.32. The Morgan fingerprint density at radius 2 is 1.94 bits per heavy atom. The predicted molar refractivity (Wildman–Crippen MR) is 114 cm³/mol. The third-order valence-corrected chi connectivity index (χ3v) is 6.15. The molecule has 1 saturated carbocycles. The van der Waals surface area contributed by atoms with Crippen LogP contribution in [0.15, 0.2) is 42.7 Å². The van der Waals surface area contributed by atoms with E-state index in [1.165, 1.54) is 35.4 Å². The quantitative estimate of drug-likeness (QED) is 0.601. The molecule has 1 aromatic carbocycles. The second kappa shape index (κ2) is 8.91. The van der Waals surface area contributed by atoms with E-state index in [9.17, 15) is 18.7 Å². The number of nitrogens with zero attached hydrogens (tertiary/aromatic N) is 4. The summed E-state index contributed by atoms with van der Waals surface area (Å²) in [7, 11) is 0. The van der Waals surface area contributed by atoms with Crippen LogP contribution in [0.25, 0.3) is 5.69 Å². The van der Waals surface area contributed by atoms with Crippen LogP contribution in [0, 0.1) is 12.7 Å². The van der Waals surface area contributed by atoms with Crippen molar-refractivity contribution in [3.8, 4) is 5.69 Å². The smallest absolute Gasteiger partial charge is 0.272 e. The monoisotopic (exact) mass is 461 g/mol. The van der Waals surface area contributed by atoms with Crippen molar-refractivity contribution in [2.24, 2.45) is 0 Å². The summed E-state index contributed by atoms with van der Waals surface area (Å²) in [6, 6.07) is 6.47. The van der Waals surface area contributed by atoms with Crippen LogP contribution in [-0.4, -0.2) is 42.8 Å². The first-order valence-electron chi connectivity index (χ1n) is 10.2. The van der Waals surface area contributed by atoms with E-state index < -0.39 is 29.5 Å². The minimum atomic E-state index is -1.51. The molecule has 0 bridgehead atoms. The molecule has 1 fully saturated rings. The number of halogens is 3. The third-order valence-electron chi connectivity index (χ3n) is 5.75. The molecule has 1 aliphatic rings. The van der Waals surface area contributed by atoms with Crippen LogP contribution in [0.4, 0.5) is 8.78 Å². The number of benzene rings is 1. The lowest BCUT2D eigenvalue weighted by atomic mass is 9.76. The molecule has 168 valence electrons. The lowest BCUT2D eigenvalue weighted by molar-refractivity contribution is -0.0446. The van der Waals surface area contributed by atoms with Crippen molar-refractivity contribution in [2.45, 2.75) is 50.4 Å². The van der Waals surface area contributed by atoms with Crippen molar-refractivity contribution in [1.29, 1.82) is 0 Å². The molecule has 3 aromatic rings. The van der Waals surface area contributed by atoms with E-state index in [0.29, 0.717) is 11.4 Å². The van der Waals surface area contributed by atoms with Gasteiger partial charge in [-0.15, -0.1) is 4.80 Å². The van der Waals surface area contributed by atoms with Crippen molar-refractivity contribution in [3.63, 3.8) is 0 Å². The van der Waals surface area contributed by atoms with E-state index in [1.807, 2.05) is 0 Å². The minimum Gasteiger partial charge on any atom is -0.387 e. The minimum absolute atomic E-state index is 0.0292. The second-order valence-electron chi connectivity index (χ2n) is 7.97. The first-order valence-corrected chi connectivity index (χ1v) is 10.6. The fourth-order valence-corrected chi connectivity index (χ4v) is 4.27. The first-order chi connectivity index (χ1) is 15.3. The Bertz CT molecular complexity index is 1120. The molecule has 1 unspecified atom stereocenters. The van der Waals surface area contributed by atoms with Gasteiger partial charge in [0.2, 0.25) is 0 Å². The Morgan fingerprint density at radius 3 is 2.62 bits per heavy atom. The van der Waals surface area contributed by atoms with Gasteiger partial charge in [-0.1, -0.05) is 23.7 Å². The zero-order valence-corrected chi connectivity index (χ0v) is 18.1. The molecule has 10 heteroatoms. The number of alkyl halides is 1. The van der Waals surface area contributed by atoms with E-state index in [-0.39, 0.29) is 42.0 Å². The maximum Gasteiger partial charge on any atom is 0.272 e. The van der Waals surface area contributed by atoms with Gasteiger partial charge in [0.25, 0.3) is 5.91 Å². The van der Waals surface area contributed by atoms with Gasteiger partial charge in [0.1, 0.15) is 17.7 Å². The van der Waals surface area contributed by atoms with Crippen molar-refractivity contribution in [3.05, 3.63) is 70.5 Å². The molecule has 4 rings (SSSR count). The van der Waals surface area contributed by atoms with Crippen molar-refractivity contribution in [1.82, 2.24) is 25.3 Å². The molecule has 0 radical (unpaired) electrons. The van der Waals surface area contributed by atoms with Gasteiger partial charge in [-0.05, 0) is 56.4 Å². The summed E-state index contributed by atoms with van der Waals surface area (Å²) in [5.74, 6) is -1.30. The van der Waals surface area contributed by atoms with Crippen LogP contribution in [0.3, 0.4) is 0 Å². The Kier molecular flexibility index (Phi) is 6.21. The van der Waals surface area contributed by atoms with Crippen molar-refractivity contribution >= 4 is 17.5 Å². The van der Waals surface area contributed by atoms with E-state index in [2.05, 4.69) is 20.5 Å². The zero-order valence-electron chi connectivity index (χ0n) is 17.3.